The zero-order chi connectivity index (χ0) is 15.6. The number of carbonyl (C=O) groups excluding carboxylic acids is 2. The molecule has 6 nitrogen and oxygen atoms in total. The third kappa shape index (κ3) is 3.32. The lowest BCUT2D eigenvalue weighted by Crippen LogP contribution is -2.19. The third-order valence-electron chi connectivity index (χ3n) is 2.72. The van der Waals surface area contributed by atoms with Crippen molar-refractivity contribution in [3.8, 4) is 0 Å². The summed E-state index contributed by atoms with van der Waals surface area (Å²) in [4.78, 5) is 28.3. The molecule has 2 aromatic rings. The maximum atomic E-state index is 12.2. The van der Waals surface area contributed by atoms with Gasteiger partial charge in [0.15, 0.2) is 5.13 Å². The second kappa shape index (κ2) is 6.11. The molecule has 8 heteroatoms. The highest BCUT2D eigenvalue weighted by molar-refractivity contribution is 7.17. The Labute approximate surface area is 130 Å². The average Bonchev–Trinajstić information content (AvgIpc) is 2.79. The van der Waals surface area contributed by atoms with Gasteiger partial charge in [-0.25, -0.2) is 4.98 Å². The van der Waals surface area contributed by atoms with Crippen molar-refractivity contribution in [2.75, 3.05) is 18.1 Å². The van der Waals surface area contributed by atoms with Gasteiger partial charge in [-0.2, -0.15) is 0 Å². The van der Waals surface area contributed by atoms with E-state index in [0.717, 1.165) is 11.3 Å². The van der Waals surface area contributed by atoms with Crippen molar-refractivity contribution < 1.29 is 9.59 Å². The lowest BCUT2D eigenvalue weighted by atomic mass is 10.2. The normalized spacial score (nSPS) is 10.2. The monoisotopic (exact) mass is 324 g/mol. The van der Waals surface area contributed by atoms with Crippen molar-refractivity contribution in [3.63, 3.8) is 0 Å². The minimum Gasteiger partial charge on any atom is -0.375 e. The van der Waals surface area contributed by atoms with Gasteiger partial charge in [0.2, 0.25) is 0 Å². The van der Waals surface area contributed by atoms with Crippen LogP contribution in [-0.2, 0) is 0 Å². The van der Waals surface area contributed by atoms with Gasteiger partial charge < -0.3 is 16.4 Å². The molecule has 0 atom stereocenters. The summed E-state index contributed by atoms with van der Waals surface area (Å²) >= 11 is 7.06. The Morgan fingerprint density at radius 1 is 1.33 bits per heavy atom. The summed E-state index contributed by atoms with van der Waals surface area (Å²) in [6.07, 6.45) is 0. The van der Waals surface area contributed by atoms with Crippen LogP contribution in [-0.4, -0.2) is 23.8 Å². The summed E-state index contributed by atoms with van der Waals surface area (Å²) in [6, 6.07) is 4.68. The van der Waals surface area contributed by atoms with E-state index in [1.165, 1.54) is 13.1 Å². The number of rotatable bonds is 3. The van der Waals surface area contributed by atoms with E-state index in [4.69, 9.17) is 17.3 Å². The summed E-state index contributed by atoms with van der Waals surface area (Å²) in [5.74, 6) is -0.652. The van der Waals surface area contributed by atoms with Crippen LogP contribution in [0, 0.1) is 6.92 Å². The Balaban J connectivity index is 2.26. The second-order valence-electron chi connectivity index (χ2n) is 4.19. The first-order chi connectivity index (χ1) is 9.92. The molecule has 0 aliphatic rings. The molecule has 2 amide bonds. The van der Waals surface area contributed by atoms with Gasteiger partial charge in [-0.3, -0.25) is 9.59 Å². The zero-order valence-electron chi connectivity index (χ0n) is 11.4. The van der Waals surface area contributed by atoms with Gasteiger partial charge in [0.1, 0.15) is 4.88 Å². The molecule has 0 aliphatic carbocycles. The maximum absolute atomic E-state index is 12.2. The minimum atomic E-state index is -0.327. The van der Waals surface area contributed by atoms with E-state index >= 15 is 0 Å². The number of halogens is 1. The molecule has 2 rings (SSSR count). The fourth-order valence-corrected chi connectivity index (χ4v) is 2.66. The quantitative estimate of drug-likeness (QED) is 0.807. The van der Waals surface area contributed by atoms with Gasteiger partial charge in [0, 0.05) is 12.7 Å². The van der Waals surface area contributed by atoms with Crippen LogP contribution in [0.5, 0.6) is 0 Å². The molecule has 110 valence electrons. The van der Waals surface area contributed by atoms with Crippen LogP contribution >= 0.6 is 22.9 Å². The lowest BCUT2D eigenvalue weighted by Gasteiger charge is -2.08. The highest BCUT2D eigenvalue weighted by Crippen LogP contribution is 2.24. The van der Waals surface area contributed by atoms with E-state index in [9.17, 15) is 9.59 Å². The first-order valence-corrected chi connectivity index (χ1v) is 7.17. The average molecular weight is 325 g/mol. The van der Waals surface area contributed by atoms with Crippen molar-refractivity contribution in [1.29, 1.82) is 0 Å². The second-order valence-corrected chi connectivity index (χ2v) is 5.63. The first-order valence-electron chi connectivity index (χ1n) is 5.98. The molecule has 0 saturated carbocycles. The molecule has 1 heterocycles. The number of carbonyl (C=O) groups is 2. The molecule has 0 bridgehead atoms. The Bertz CT molecular complexity index is 714. The molecule has 0 aliphatic heterocycles. The van der Waals surface area contributed by atoms with Crippen molar-refractivity contribution in [2.24, 2.45) is 0 Å². The fraction of sp³-hybridized carbons (Fsp3) is 0.154. The van der Waals surface area contributed by atoms with Gasteiger partial charge in [-0.1, -0.05) is 22.9 Å². The number of anilines is 2. The molecule has 0 unspecified atom stereocenters. The third-order valence-corrected chi connectivity index (χ3v) is 4.03. The van der Waals surface area contributed by atoms with Gasteiger partial charge in [-0.05, 0) is 25.1 Å². The molecular formula is C13H13ClN4O2S. The number of benzene rings is 1. The van der Waals surface area contributed by atoms with Crippen molar-refractivity contribution in [2.45, 2.75) is 6.92 Å². The van der Waals surface area contributed by atoms with Crippen LogP contribution in [0.15, 0.2) is 18.2 Å². The first kappa shape index (κ1) is 15.3. The number of aromatic nitrogens is 1. The largest absolute Gasteiger partial charge is 0.375 e. The number of nitrogens with zero attached hydrogens (tertiary/aromatic N) is 1. The molecule has 0 spiro atoms. The van der Waals surface area contributed by atoms with Crippen LogP contribution in [0.2, 0.25) is 5.02 Å². The number of aryl methyl sites for hydroxylation is 1. The van der Waals surface area contributed by atoms with E-state index in [-0.39, 0.29) is 17.4 Å². The van der Waals surface area contributed by atoms with E-state index in [1.807, 2.05) is 0 Å². The number of nitrogens with two attached hydrogens (primary N) is 1. The molecule has 0 radical (unpaired) electrons. The SMILES string of the molecule is CNC(=O)c1cc(NC(=O)c2sc(N)nc2C)ccc1Cl. The molecule has 0 fully saturated rings. The summed E-state index contributed by atoms with van der Waals surface area (Å²) in [7, 11) is 1.51. The Hall–Kier alpha value is -2.12. The maximum Gasteiger partial charge on any atom is 0.267 e. The predicted molar refractivity (Wildman–Crippen MR) is 84.1 cm³/mol. The Morgan fingerprint density at radius 3 is 2.62 bits per heavy atom. The summed E-state index contributed by atoms with van der Waals surface area (Å²) < 4.78 is 0. The van der Waals surface area contributed by atoms with Crippen LogP contribution < -0.4 is 16.4 Å². The minimum absolute atomic E-state index is 0.289. The summed E-state index contributed by atoms with van der Waals surface area (Å²) in [5.41, 5.74) is 6.89. The number of nitrogen functional groups attached to an aromatic ring is 1. The van der Waals surface area contributed by atoms with Gasteiger partial charge >= 0.3 is 0 Å². The smallest absolute Gasteiger partial charge is 0.267 e. The highest BCUT2D eigenvalue weighted by atomic mass is 35.5. The van der Waals surface area contributed by atoms with E-state index in [0.29, 0.717) is 26.4 Å². The number of thiazole rings is 1. The summed E-state index contributed by atoms with van der Waals surface area (Å²) in [5, 5.41) is 5.83. The topological polar surface area (TPSA) is 97.1 Å². The Kier molecular flexibility index (Phi) is 4.44. The van der Waals surface area contributed by atoms with Gasteiger partial charge in [0.05, 0.1) is 16.3 Å². The molecule has 1 aromatic carbocycles. The fourth-order valence-electron chi connectivity index (χ4n) is 1.73. The van der Waals surface area contributed by atoms with Crippen LogP contribution in [0.3, 0.4) is 0 Å². The number of hydrogen-bond donors (Lipinski definition) is 3. The van der Waals surface area contributed by atoms with E-state index < -0.39 is 0 Å². The molecule has 4 N–H and O–H groups in total. The number of amides is 2. The van der Waals surface area contributed by atoms with Crippen LogP contribution in [0.1, 0.15) is 25.7 Å². The van der Waals surface area contributed by atoms with Crippen molar-refractivity contribution in [3.05, 3.63) is 39.4 Å². The standard InChI is InChI=1S/C13H13ClN4O2S/c1-6-10(21-13(15)17-6)12(20)18-7-3-4-9(14)8(5-7)11(19)16-2/h3-5H,1-2H3,(H2,15,17)(H,16,19)(H,18,20). The van der Waals surface area contributed by atoms with Gasteiger partial charge in [0.25, 0.3) is 11.8 Å². The zero-order valence-corrected chi connectivity index (χ0v) is 12.9. The highest BCUT2D eigenvalue weighted by Gasteiger charge is 2.16. The van der Waals surface area contributed by atoms with E-state index in [1.54, 1.807) is 19.1 Å². The molecule has 21 heavy (non-hydrogen) atoms. The summed E-state index contributed by atoms with van der Waals surface area (Å²) in [6.45, 7) is 1.71. The van der Waals surface area contributed by atoms with Gasteiger partial charge in [-0.15, -0.1) is 0 Å². The van der Waals surface area contributed by atoms with E-state index in [2.05, 4.69) is 15.6 Å². The predicted octanol–water partition coefficient (Wildman–Crippen LogP) is 2.30. The number of nitrogens with one attached hydrogen (secondary N) is 2. The van der Waals surface area contributed by atoms with Crippen molar-refractivity contribution in [1.82, 2.24) is 10.3 Å². The molecular weight excluding hydrogens is 312 g/mol. The van der Waals surface area contributed by atoms with Crippen LogP contribution in [0.4, 0.5) is 10.8 Å². The molecule has 1 aromatic heterocycles. The lowest BCUT2D eigenvalue weighted by molar-refractivity contribution is 0.0961. The van der Waals surface area contributed by atoms with Crippen LogP contribution in [0.25, 0.3) is 0 Å². The Morgan fingerprint density at radius 2 is 2.05 bits per heavy atom. The number of hydrogen-bond acceptors (Lipinski definition) is 5. The molecule has 0 saturated heterocycles. The van der Waals surface area contributed by atoms with Crippen molar-refractivity contribution >= 4 is 45.6 Å².